The lowest BCUT2D eigenvalue weighted by molar-refractivity contribution is -0.117. The van der Waals surface area contributed by atoms with Crippen molar-refractivity contribution >= 4 is 29.5 Å². The van der Waals surface area contributed by atoms with Gasteiger partial charge in [0.05, 0.1) is 0 Å². The molecule has 2 N–H and O–H groups in total. The number of amides is 2. The predicted molar refractivity (Wildman–Crippen MR) is 114 cm³/mol. The lowest BCUT2D eigenvalue weighted by Gasteiger charge is -2.11. The number of benzene rings is 2. The van der Waals surface area contributed by atoms with Crippen molar-refractivity contribution in [2.24, 2.45) is 0 Å². The number of aromatic nitrogens is 1. The molecule has 0 spiro atoms. The molecule has 3 rings (SSSR count). The van der Waals surface area contributed by atoms with E-state index in [0.29, 0.717) is 17.1 Å². The van der Waals surface area contributed by atoms with E-state index in [0.717, 1.165) is 16.7 Å². The number of halogens is 1. The number of carbonyl (C=O) groups excluding carboxylic acids is 2. The lowest BCUT2D eigenvalue weighted by Crippen LogP contribution is -2.34. The van der Waals surface area contributed by atoms with Crippen LogP contribution in [0.15, 0.2) is 78.8 Å². The lowest BCUT2D eigenvalue weighted by atomic mass is 10.1. The van der Waals surface area contributed by atoms with Crippen molar-refractivity contribution in [3.63, 3.8) is 0 Å². The van der Waals surface area contributed by atoms with Crippen LogP contribution in [0.2, 0.25) is 5.02 Å². The second kappa shape index (κ2) is 9.66. The van der Waals surface area contributed by atoms with Crippen LogP contribution in [0, 0.1) is 6.92 Å². The van der Waals surface area contributed by atoms with Gasteiger partial charge in [0.25, 0.3) is 11.8 Å². The maximum absolute atomic E-state index is 12.8. The smallest absolute Gasteiger partial charge is 0.268 e. The van der Waals surface area contributed by atoms with Crippen LogP contribution in [-0.4, -0.2) is 16.8 Å². The first kappa shape index (κ1) is 20.3. The van der Waals surface area contributed by atoms with E-state index >= 15 is 0 Å². The Kier molecular flexibility index (Phi) is 6.76. The molecule has 0 unspecified atom stereocenters. The van der Waals surface area contributed by atoms with Crippen molar-refractivity contribution in [1.29, 1.82) is 0 Å². The molecule has 0 aliphatic carbocycles. The van der Waals surface area contributed by atoms with Crippen molar-refractivity contribution < 1.29 is 9.59 Å². The molecule has 0 saturated heterocycles. The Labute approximate surface area is 174 Å². The molecule has 146 valence electrons. The van der Waals surface area contributed by atoms with Crippen LogP contribution in [-0.2, 0) is 11.3 Å². The summed E-state index contributed by atoms with van der Waals surface area (Å²) in [5.41, 5.74) is 3.32. The monoisotopic (exact) mass is 405 g/mol. The van der Waals surface area contributed by atoms with E-state index in [1.807, 2.05) is 31.2 Å². The van der Waals surface area contributed by atoms with Crippen molar-refractivity contribution in [1.82, 2.24) is 15.6 Å². The first-order valence-electron chi connectivity index (χ1n) is 9.03. The van der Waals surface area contributed by atoms with Gasteiger partial charge in [0.1, 0.15) is 5.70 Å². The van der Waals surface area contributed by atoms with Crippen molar-refractivity contribution in [2.75, 3.05) is 0 Å². The quantitative estimate of drug-likeness (QED) is 0.606. The summed E-state index contributed by atoms with van der Waals surface area (Å²) < 4.78 is 0. The molecule has 5 nitrogen and oxygen atoms in total. The molecule has 0 aliphatic heterocycles. The van der Waals surface area contributed by atoms with Crippen molar-refractivity contribution in [3.8, 4) is 0 Å². The van der Waals surface area contributed by atoms with E-state index in [-0.39, 0.29) is 11.6 Å². The molecule has 2 amide bonds. The molecule has 0 aliphatic rings. The van der Waals surface area contributed by atoms with E-state index in [9.17, 15) is 9.59 Å². The third-order valence-corrected chi connectivity index (χ3v) is 4.44. The van der Waals surface area contributed by atoms with Crippen LogP contribution < -0.4 is 10.6 Å². The zero-order valence-electron chi connectivity index (χ0n) is 15.9. The summed E-state index contributed by atoms with van der Waals surface area (Å²) in [6, 6.07) is 17.8. The Morgan fingerprint density at radius 1 is 0.966 bits per heavy atom. The first-order valence-corrected chi connectivity index (χ1v) is 9.41. The fraction of sp³-hybridized carbons (Fsp3) is 0.0870. The molecule has 1 heterocycles. The highest BCUT2D eigenvalue weighted by atomic mass is 35.5. The van der Waals surface area contributed by atoms with Crippen LogP contribution in [0.3, 0.4) is 0 Å². The molecular weight excluding hydrogens is 386 g/mol. The minimum absolute atomic E-state index is 0.145. The standard InChI is InChI=1S/C23H20ClN3O2/c1-16-2-6-19(7-3-16)22(28)27-21(14-17-4-8-20(24)9-5-17)23(29)26-15-18-10-12-25-13-11-18/h2-14H,15H2,1H3,(H,26,29)(H,27,28). The fourth-order valence-corrected chi connectivity index (χ4v) is 2.69. The van der Waals surface area contributed by atoms with E-state index in [4.69, 9.17) is 11.6 Å². The van der Waals surface area contributed by atoms with E-state index in [2.05, 4.69) is 15.6 Å². The molecule has 0 fully saturated rings. The van der Waals surface area contributed by atoms with Gasteiger partial charge in [0.15, 0.2) is 0 Å². The Hall–Kier alpha value is -3.44. The van der Waals surface area contributed by atoms with Crippen LogP contribution >= 0.6 is 11.6 Å². The topological polar surface area (TPSA) is 71.1 Å². The summed E-state index contributed by atoms with van der Waals surface area (Å²) in [4.78, 5) is 29.4. The number of nitrogens with one attached hydrogen (secondary N) is 2. The highest BCUT2D eigenvalue weighted by Crippen LogP contribution is 2.13. The number of hydrogen-bond donors (Lipinski definition) is 2. The van der Waals surface area contributed by atoms with Gasteiger partial charge in [-0.25, -0.2) is 0 Å². The van der Waals surface area contributed by atoms with Gasteiger partial charge in [-0.1, -0.05) is 41.4 Å². The van der Waals surface area contributed by atoms with Gasteiger partial charge in [-0.05, 0) is 60.5 Å². The molecule has 2 aromatic carbocycles. The molecule has 3 aromatic rings. The average Bonchev–Trinajstić information content (AvgIpc) is 2.74. The van der Waals surface area contributed by atoms with Crippen molar-refractivity contribution in [2.45, 2.75) is 13.5 Å². The van der Waals surface area contributed by atoms with Crippen LogP contribution in [0.1, 0.15) is 27.0 Å². The van der Waals surface area contributed by atoms with Gasteiger partial charge < -0.3 is 10.6 Å². The van der Waals surface area contributed by atoms with Gasteiger partial charge >= 0.3 is 0 Å². The molecule has 0 saturated carbocycles. The number of aryl methyl sites for hydroxylation is 1. The van der Waals surface area contributed by atoms with Crippen LogP contribution in [0.5, 0.6) is 0 Å². The first-order chi connectivity index (χ1) is 14.0. The number of hydrogen-bond acceptors (Lipinski definition) is 3. The molecule has 1 aromatic heterocycles. The van der Waals surface area contributed by atoms with E-state index in [1.54, 1.807) is 54.9 Å². The van der Waals surface area contributed by atoms with Crippen molar-refractivity contribution in [3.05, 3.63) is 106 Å². The van der Waals surface area contributed by atoms with E-state index in [1.165, 1.54) is 0 Å². The normalized spacial score (nSPS) is 11.0. The van der Waals surface area contributed by atoms with Gasteiger partial charge in [-0.15, -0.1) is 0 Å². The Morgan fingerprint density at radius 3 is 2.28 bits per heavy atom. The van der Waals surface area contributed by atoms with Crippen LogP contribution in [0.4, 0.5) is 0 Å². The molecule has 6 heteroatoms. The molecule has 0 atom stereocenters. The number of rotatable bonds is 6. The Bertz CT molecular complexity index is 1010. The van der Waals surface area contributed by atoms with Gasteiger partial charge in [-0.3, -0.25) is 14.6 Å². The summed E-state index contributed by atoms with van der Waals surface area (Å²) in [6.45, 7) is 2.26. The van der Waals surface area contributed by atoms with Crippen LogP contribution in [0.25, 0.3) is 6.08 Å². The zero-order chi connectivity index (χ0) is 20.6. The van der Waals surface area contributed by atoms with Gasteiger partial charge in [0, 0.05) is 29.5 Å². The van der Waals surface area contributed by atoms with Gasteiger partial charge in [-0.2, -0.15) is 0 Å². The minimum Gasteiger partial charge on any atom is -0.347 e. The minimum atomic E-state index is -0.391. The summed E-state index contributed by atoms with van der Waals surface area (Å²) in [7, 11) is 0. The highest BCUT2D eigenvalue weighted by Gasteiger charge is 2.14. The zero-order valence-corrected chi connectivity index (χ0v) is 16.6. The molecular formula is C23H20ClN3O2. The maximum Gasteiger partial charge on any atom is 0.268 e. The second-order valence-electron chi connectivity index (χ2n) is 6.47. The fourth-order valence-electron chi connectivity index (χ4n) is 2.56. The second-order valence-corrected chi connectivity index (χ2v) is 6.90. The predicted octanol–water partition coefficient (Wildman–Crippen LogP) is 4.13. The molecule has 0 radical (unpaired) electrons. The maximum atomic E-state index is 12.8. The summed E-state index contributed by atoms with van der Waals surface area (Å²) >= 11 is 5.93. The third-order valence-electron chi connectivity index (χ3n) is 4.19. The largest absolute Gasteiger partial charge is 0.347 e. The molecule has 0 bridgehead atoms. The summed E-state index contributed by atoms with van der Waals surface area (Å²) in [5.74, 6) is -0.749. The number of carbonyl (C=O) groups is 2. The third kappa shape index (κ3) is 6.02. The highest BCUT2D eigenvalue weighted by molar-refractivity contribution is 6.30. The number of pyridine rings is 1. The Balaban J connectivity index is 1.80. The SMILES string of the molecule is Cc1ccc(C(=O)NC(=Cc2ccc(Cl)cc2)C(=O)NCc2ccncc2)cc1. The Morgan fingerprint density at radius 2 is 1.62 bits per heavy atom. The molecule has 29 heavy (non-hydrogen) atoms. The summed E-state index contributed by atoms with van der Waals surface area (Å²) in [5, 5.41) is 6.13. The average molecular weight is 406 g/mol. The number of nitrogens with zero attached hydrogens (tertiary/aromatic N) is 1. The summed E-state index contributed by atoms with van der Waals surface area (Å²) in [6.07, 6.45) is 4.93. The van der Waals surface area contributed by atoms with Gasteiger partial charge in [0.2, 0.25) is 0 Å². The van der Waals surface area contributed by atoms with E-state index < -0.39 is 5.91 Å².